The van der Waals surface area contributed by atoms with Gasteiger partial charge in [-0.2, -0.15) is 0 Å². The minimum atomic E-state index is -0.748. The maximum Gasteiger partial charge on any atom is 0.295 e. The Morgan fingerprint density at radius 1 is 1.19 bits per heavy atom. The van der Waals surface area contributed by atoms with E-state index in [1.165, 1.54) is 18.3 Å². The predicted molar refractivity (Wildman–Crippen MR) is 100 cm³/mol. The molecule has 1 fully saturated rings. The van der Waals surface area contributed by atoms with Gasteiger partial charge in [-0.15, -0.1) is 0 Å². The summed E-state index contributed by atoms with van der Waals surface area (Å²) in [6.07, 6.45) is 4.21. The summed E-state index contributed by atoms with van der Waals surface area (Å²) in [5.74, 6) is -0.724. The van der Waals surface area contributed by atoms with Crippen LogP contribution in [0.4, 0.5) is 0 Å². The Kier molecular flexibility index (Phi) is 5.64. The van der Waals surface area contributed by atoms with Crippen molar-refractivity contribution in [2.75, 3.05) is 13.7 Å². The van der Waals surface area contributed by atoms with Gasteiger partial charge in [-0.25, -0.2) is 0 Å². The molecular formula is C21H23NO5. The molecule has 1 unspecified atom stereocenters. The van der Waals surface area contributed by atoms with Crippen molar-refractivity contribution in [3.63, 3.8) is 0 Å². The molecule has 6 heteroatoms. The van der Waals surface area contributed by atoms with Crippen LogP contribution in [0.15, 0.2) is 52.7 Å². The number of hydrogen-bond donors (Lipinski definition) is 1. The van der Waals surface area contributed by atoms with E-state index in [9.17, 15) is 14.7 Å². The van der Waals surface area contributed by atoms with Gasteiger partial charge in [-0.1, -0.05) is 31.9 Å². The Morgan fingerprint density at radius 3 is 2.63 bits per heavy atom. The van der Waals surface area contributed by atoms with E-state index in [0.29, 0.717) is 23.6 Å². The van der Waals surface area contributed by atoms with Crippen LogP contribution in [0.2, 0.25) is 0 Å². The molecule has 3 rings (SSSR count). The zero-order valence-electron chi connectivity index (χ0n) is 15.5. The van der Waals surface area contributed by atoms with Crippen molar-refractivity contribution in [3.8, 4) is 5.75 Å². The SMILES string of the molecule is CCCCCN1C(=O)C(=O)/C(=C(\O)c2ccccc2OC)C1c1ccco1. The Hall–Kier alpha value is -3.02. The number of rotatable bonds is 7. The number of furan rings is 1. The highest BCUT2D eigenvalue weighted by atomic mass is 16.5. The standard InChI is InChI=1S/C21H23NO5/c1-3-4-7-12-22-18(16-11-8-13-27-16)17(20(24)21(22)25)19(23)14-9-5-6-10-15(14)26-2/h5-6,8-11,13,18,23H,3-4,7,12H2,1-2H3/b19-17-. The molecule has 1 aromatic heterocycles. The van der Waals surface area contributed by atoms with Gasteiger partial charge in [0.25, 0.3) is 11.7 Å². The second-order valence-electron chi connectivity index (χ2n) is 6.42. The van der Waals surface area contributed by atoms with Crippen LogP contribution in [-0.2, 0) is 9.59 Å². The third-order valence-electron chi connectivity index (χ3n) is 4.72. The topological polar surface area (TPSA) is 80.0 Å². The summed E-state index contributed by atoms with van der Waals surface area (Å²) in [6, 6.07) is 9.50. The van der Waals surface area contributed by atoms with Crippen molar-refractivity contribution >= 4 is 17.4 Å². The van der Waals surface area contributed by atoms with Crippen LogP contribution < -0.4 is 4.74 Å². The molecule has 0 bridgehead atoms. The number of likely N-dealkylation sites (tertiary alicyclic amines) is 1. The summed E-state index contributed by atoms with van der Waals surface area (Å²) in [5, 5.41) is 10.9. The summed E-state index contributed by atoms with van der Waals surface area (Å²) >= 11 is 0. The summed E-state index contributed by atoms with van der Waals surface area (Å²) in [6.45, 7) is 2.49. The highest BCUT2D eigenvalue weighted by Crippen LogP contribution is 2.41. The van der Waals surface area contributed by atoms with Crippen molar-refractivity contribution in [3.05, 3.63) is 59.6 Å². The van der Waals surface area contributed by atoms with Crippen LogP contribution in [0, 0.1) is 0 Å². The molecule has 0 aliphatic carbocycles. The van der Waals surface area contributed by atoms with E-state index < -0.39 is 17.7 Å². The largest absolute Gasteiger partial charge is 0.507 e. The number of unbranched alkanes of at least 4 members (excludes halogenated alkanes) is 2. The monoisotopic (exact) mass is 369 g/mol. The van der Waals surface area contributed by atoms with Gasteiger partial charge in [-0.05, 0) is 30.7 Å². The molecule has 2 heterocycles. The van der Waals surface area contributed by atoms with E-state index in [1.807, 2.05) is 0 Å². The van der Waals surface area contributed by atoms with Crippen molar-refractivity contribution in [1.82, 2.24) is 4.90 Å². The number of carbonyl (C=O) groups is 2. The predicted octanol–water partition coefficient (Wildman–Crippen LogP) is 3.90. The van der Waals surface area contributed by atoms with Gasteiger partial charge in [0.1, 0.15) is 23.3 Å². The average Bonchev–Trinajstić information content (AvgIpc) is 3.30. The lowest BCUT2D eigenvalue weighted by Gasteiger charge is -2.23. The van der Waals surface area contributed by atoms with Gasteiger partial charge in [0, 0.05) is 6.54 Å². The number of carbonyl (C=O) groups excluding carboxylic acids is 2. The fourth-order valence-corrected chi connectivity index (χ4v) is 3.37. The lowest BCUT2D eigenvalue weighted by molar-refractivity contribution is -0.140. The van der Waals surface area contributed by atoms with Crippen LogP contribution in [0.25, 0.3) is 5.76 Å². The number of nitrogens with zero attached hydrogens (tertiary/aromatic N) is 1. The minimum absolute atomic E-state index is 0.0240. The van der Waals surface area contributed by atoms with Gasteiger partial charge in [0.15, 0.2) is 0 Å². The molecule has 1 amide bonds. The molecule has 1 aliphatic heterocycles. The van der Waals surface area contributed by atoms with Crippen molar-refractivity contribution < 1.29 is 23.8 Å². The molecule has 2 aromatic rings. The third kappa shape index (κ3) is 3.47. The fraction of sp³-hybridized carbons (Fsp3) is 0.333. The summed E-state index contributed by atoms with van der Waals surface area (Å²) in [7, 11) is 1.49. The first-order chi connectivity index (χ1) is 13.1. The average molecular weight is 369 g/mol. The Labute approximate surface area is 158 Å². The Bertz CT molecular complexity index is 853. The fourth-order valence-electron chi connectivity index (χ4n) is 3.37. The highest BCUT2D eigenvalue weighted by Gasteiger charge is 2.47. The minimum Gasteiger partial charge on any atom is -0.507 e. The number of hydrogen-bond acceptors (Lipinski definition) is 5. The van der Waals surface area contributed by atoms with E-state index in [1.54, 1.807) is 36.4 Å². The number of ether oxygens (including phenoxy) is 1. The van der Waals surface area contributed by atoms with Crippen molar-refractivity contribution in [2.24, 2.45) is 0 Å². The van der Waals surface area contributed by atoms with Crippen molar-refractivity contribution in [1.29, 1.82) is 0 Å². The van der Waals surface area contributed by atoms with Gasteiger partial charge < -0.3 is 19.2 Å². The maximum atomic E-state index is 12.8. The van der Waals surface area contributed by atoms with E-state index >= 15 is 0 Å². The van der Waals surface area contributed by atoms with Gasteiger partial charge in [-0.3, -0.25) is 9.59 Å². The summed E-state index contributed by atoms with van der Waals surface area (Å²) in [5.41, 5.74) is 0.388. The second kappa shape index (κ2) is 8.12. The van der Waals surface area contributed by atoms with E-state index in [-0.39, 0.29) is 11.3 Å². The lowest BCUT2D eigenvalue weighted by Crippen LogP contribution is -2.30. The molecule has 142 valence electrons. The third-order valence-corrected chi connectivity index (χ3v) is 4.72. The van der Waals surface area contributed by atoms with Gasteiger partial charge in [0.05, 0.1) is 24.5 Å². The molecule has 1 aromatic carbocycles. The number of ketones is 1. The molecule has 0 spiro atoms. The Morgan fingerprint density at radius 2 is 1.96 bits per heavy atom. The van der Waals surface area contributed by atoms with E-state index in [4.69, 9.17) is 9.15 Å². The molecule has 1 N–H and O–H groups in total. The molecule has 27 heavy (non-hydrogen) atoms. The van der Waals surface area contributed by atoms with E-state index in [2.05, 4.69) is 6.92 Å². The van der Waals surface area contributed by atoms with Crippen molar-refractivity contribution in [2.45, 2.75) is 32.2 Å². The molecule has 0 saturated carbocycles. The molecule has 1 saturated heterocycles. The highest BCUT2D eigenvalue weighted by molar-refractivity contribution is 6.46. The number of amides is 1. The second-order valence-corrected chi connectivity index (χ2v) is 6.42. The maximum absolute atomic E-state index is 12.8. The zero-order chi connectivity index (χ0) is 19.4. The first kappa shape index (κ1) is 18.8. The van der Waals surface area contributed by atoms with E-state index in [0.717, 1.165) is 19.3 Å². The Balaban J connectivity index is 2.11. The van der Waals surface area contributed by atoms with Gasteiger partial charge >= 0.3 is 0 Å². The molecule has 1 atom stereocenters. The lowest BCUT2D eigenvalue weighted by atomic mass is 9.98. The van der Waals surface area contributed by atoms with Crippen LogP contribution in [0.3, 0.4) is 0 Å². The molecule has 1 aliphatic rings. The number of para-hydroxylation sites is 1. The quantitative estimate of drug-likeness (QED) is 0.346. The first-order valence-corrected chi connectivity index (χ1v) is 9.05. The normalized spacial score (nSPS) is 18.9. The number of aliphatic hydroxyl groups is 1. The number of benzene rings is 1. The number of Topliss-reactive ketones (excluding diaryl/α,β-unsaturated/α-hetero) is 1. The number of aliphatic hydroxyl groups excluding tert-OH is 1. The van der Waals surface area contributed by atoms with Crippen LogP contribution in [0.5, 0.6) is 5.75 Å². The number of methoxy groups -OCH3 is 1. The smallest absolute Gasteiger partial charge is 0.295 e. The molecule has 0 radical (unpaired) electrons. The van der Waals surface area contributed by atoms with Crippen LogP contribution in [0.1, 0.15) is 43.6 Å². The summed E-state index contributed by atoms with van der Waals surface area (Å²) in [4.78, 5) is 26.9. The molecule has 6 nitrogen and oxygen atoms in total. The molecular weight excluding hydrogens is 346 g/mol. The first-order valence-electron chi connectivity index (χ1n) is 9.05. The summed E-state index contributed by atoms with van der Waals surface area (Å²) < 4.78 is 10.8. The van der Waals surface area contributed by atoms with Crippen LogP contribution >= 0.6 is 0 Å². The zero-order valence-corrected chi connectivity index (χ0v) is 15.5. The van der Waals surface area contributed by atoms with Crippen LogP contribution in [-0.4, -0.2) is 35.4 Å². The van der Waals surface area contributed by atoms with Gasteiger partial charge in [0.2, 0.25) is 0 Å².